The van der Waals surface area contributed by atoms with Crippen LogP contribution >= 0.6 is 0 Å². The van der Waals surface area contributed by atoms with Gasteiger partial charge in [-0.25, -0.2) is 8.42 Å². The molecule has 0 spiro atoms. The summed E-state index contributed by atoms with van der Waals surface area (Å²) in [6.07, 6.45) is 3.03. The number of hydrogen-bond acceptors (Lipinski definition) is 4. The summed E-state index contributed by atoms with van der Waals surface area (Å²) in [5.41, 5.74) is 0. The number of morpholine rings is 1. The van der Waals surface area contributed by atoms with Gasteiger partial charge in [0.2, 0.25) is 0 Å². The van der Waals surface area contributed by atoms with E-state index in [2.05, 4.69) is 4.90 Å². The minimum Gasteiger partial charge on any atom is -0.379 e. The maximum absolute atomic E-state index is 10.8. The van der Waals surface area contributed by atoms with Crippen LogP contribution < -0.4 is 0 Å². The Morgan fingerprint density at radius 1 is 1.21 bits per heavy atom. The first-order valence-corrected chi connectivity index (χ1v) is 7.12. The monoisotopic (exact) mass is 221 g/mol. The molecule has 0 radical (unpaired) electrons. The number of hydrogen-bond donors (Lipinski definition) is 0. The fraction of sp³-hybridized carbons (Fsp3) is 1.00. The van der Waals surface area contributed by atoms with Crippen molar-refractivity contribution in [1.29, 1.82) is 0 Å². The second-order valence-corrected chi connectivity index (χ2v) is 6.05. The summed E-state index contributed by atoms with van der Waals surface area (Å²) in [6, 6.07) is 0. The van der Waals surface area contributed by atoms with Crippen LogP contribution in [0.3, 0.4) is 0 Å². The molecule has 1 fully saturated rings. The van der Waals surface area contributed by atoms with Crippen molar-refractivity contribution in [1.82, 2.24) is 4.90 Å². The molecule has 0 aromatic rings. The molecule has 1 heterocycles. The van der Waals surface area contributed by atoms with Gasteiger partial charge in [0.15, 0.2) is 0 Å². The van der Waals surface area contributed by atoms with Gasteiger partial charge in [0.05, 0.1) is 13.2 Å². The van der Waals surface area contributed by atoms with Gasteiger partial charge < -0.3 is 4.74 Å². The van der Waals surface area contributed by atoms with E-state index in [0.29, 0.717) is 5.75 Å². The topological polar surface area (TPSA) is 46.6 Å². The maximum Gasteiger partial charge on any atom is 0.147 e. The van der Waals surface area contributed by atoms with Crippen LogP contribution in [0.25, 0.3) is 0 Å². The van der Waals surface area contributed by atoms with E-state index in [-0.39, 0.29) is 0 Å². The first kappa shape index (κ1) is 11.9. The molecule has 0 aromatic carbocycles. The Kier molecular flexibility index (Phi) is 4.84. The van der Waals surface area contributed by atoms with Gasteiger partial charge in [0, 0.05) is 25.1 Å². The van der Waals surface area contributed by atoms with Crippen molar-refractivity contribution in [3.05, 3.63) is 0 Å². The van der Waals surface area contributed by atoms with Crippen molar-refractivity contribution in [2.75, 3.05) is 44.9 Å². The maximum atomic E-state index is 10.8. The molecule has 0 amide bonds. The molecule has 1 aliphatic heterocycles. The number of nitrogens with zero attached hydrogens (tertiary/aromatic N) is 1. The Balaban J connectivity index is 2.03. The van der Waals surface area contributed by atoms with Crippen LogP contribution in [0.15, 0.2) is 0 Å². The Labute approximate surface area is 86.2 Å². The van der Waals surface area contributed by atoms with Crippen LogP contribution in [-0.2, 0) is 14.6 Å². The van der Waals surface area contributed by atoms with E-state index in [1.165, 1.54) is 6.26 Å². The van der Waals surface area contributed by atoms with Gasteiger partial charge >= 0.3 is 0 Å². The van der Waals surface area contributed by atoms with Gasteiger partial charge in [-0.15, -0.1) is 0 Å². The zero-order chi connectivity index (χ0) is 10.4. The fourth-order valence-corrected chi connectivity index (χ4v) is 2.25. The third kappa shape index (κ3) is 5.57. The summed E-state index contributed by atoms with van der Waals surface area (Å²) < 4.78 is 26.9. The van der Waals surface area contributed by atoms with E-state index in [9.17, 15) is 8.42 Å². The molecule has 0 saturated carbocycles. The third-order valence-electron chi connectivity index (χ3n) is 2.34. The molecule has 0 aliphatic carbocycles. The fourth-order valence-electron chi connectivity index (χ4n) is 1.52. The lowest BCUT2D eigenvalue weighted by molar-refractivity contribution is 0.0373. The summed E-state index contributed by atoms with van der Waals surface area (Å²) in [4.78, 5) is 2.33. The highest BCUT2D eigenvalue weighted by molar-refractivity contribution is 7.90. The third-order valence-corrected chi connectivity index (χ3v) is 3.37. The lowest BCUT2D eigenvalue weighted by atomic mass is 10.3. The number of ether oxygens (including phenoxy) is 1. The molecule has 1 aliphatic rings. The average Bonchev–Trinajstić information content (AvgIpc) is 2.13. The molecule has 0 bridgehead atoms. The average molecular weight is 221 g/mol. The van der Waals surface area contributed by atoms with E-state index in [1.54, 1.807) is 0 Å². The van der Waals surface area contributed by atoms with Crippen molar-refractivity contribution >= 4 is 9.84 Å². The van der Waals surface area contributed by atoms with E-state index < -0.39 is 9.84 Å². The molecule has 0 unspecified atom stereocenters. The Bertz CT molecular complexity index is 245. The minimum atomic E-state index is -2.77. The van der Waals surface area contributed by atoms with E-state index in [4.69, 9.17) is 4.74 Å². The van der Waals surface area contributed by atoms with Gasteiger partial charge in [-0.1, -0.05) is 0 Å². The molecule has 14 heavy (non-hydrogen) atoms. The SMILES string of the molecule is CS(=O)(=O)CCCCN1CCOCC1. The normalized spacial score (nSPS) is 19.8. The summed E-state index contributed by atoms with van der Waals surface area (Å²) in [6.45, 7) is 4.59. The largest absolute Gasteiger partial charge is 0.379 e. The van der Waals surface area contributed by atoms with Crippen LogP contribution in [0, 0.1) is 0 Å². The summed E-state index contributed by atoms with van der Waals surface area (Å²) >= 11 is 0. The minimum absolute atomic E-state index is 0.317. The van der Waals surface area contributed by atoms with E-state index in [0.717, 1.165) is 45.7 Å². The molecule has 4 nitrogen and oxygen atoms in total. The molecular weight excluding hydrogens is 202 g/mol. The predicted molar refractivity (Wildman–Crippen MR) is 56.2 cm³/mol. The standard InChI is InChI=1S/C9H19NO3S/c1-14(11,12)9-3-2-4-10-5-7-13-8-6-10/h2-9H2,1H3. The smallest absolute Gasteiger partial charge is 0.147 e. The molecule has 1 rings (SSSR count). The zero-order valence-corrected chi connectivity index (χ0v) is 9.55. The van der Waals surface area contributed by atoms with Gasteiger partial charge in [-0.3, -0.25) is 4.90 Å². The van der Waals surface area contributed by atoms with Crippen LogP contribution in [0.4, 0.5) is 0 Å². The van der Waals surface area contributed by atoms with Gasteiger partial charge in [-0.05, 0) is 19.4 Å². The van der Waals surface area contributed by atoms with Crippen molar-refractivity contribution in [3.8, 4) is 0 Å². The molecule has 5 heteroatoms. The molecule has 0 aromatic heterocycles. The Morgan fingerprint density at radius 3 is 2.43 bits per heavy atom. The zero-order valence-electron chi connectivity index (χ0n) is 8.74. The lowest BCUT2D eigenvalue weighted by Crippen LogP contribution is -2.36. The molecule has 0 N–H and O–H groups in total. The summed E-state index contributed by atoms with van der Waals surface area (Å²) in [7, 11) is -2.77. The first-order valence-electron chi connectivity index (χ1n) is 5.06. The van der Waals surface area contributed by atoms with Crippen LogP contribution in [-0.4, -0.2) is 58.2 Å². The van der Waals surface area contributed by atoms with E-state index in [1.807, 2.05) is 0 Å². The second kappa shape index (κ2) is 5.68. The number of sulfone groups is 1. The lowest BCUT2D eigenvalue weighted by Gasteiger charge is -2.26. The van der Waals surface area contributed by atoms with Crippen LogP contribution in [0.5, 0.6) is 0 Å². The quantitative estimate of drug-likeness (QED) is 0.620. The highest BCUT2D eigenvalue weighted by Gasteiger charge is 2.09. The van der Waals surface area contributed by atoms with Crippen molar-refractivity contribution < 1.29 is 13.2 Å². The first-order chi connectivity index (χ1) is 6.58. The van der Waals surface area contributed by atoms with Gasteiger partial charge in [0.25, 0.3) is 0 Å². The Hall–Kier alpha value is -0.130. The highest BCUT2D eigenvalue weighted by Crippen LogP contribution is 2.01. The summed E-state index contributed by atoms with van der Waals surface area (Å²) in [5, 5.41) is 0. The molecular formula is C9H19NO3S. The number of rotatable bonds is 5. The van der Waals surface area contributed by atoms with Crippen LogP contribution in [0.1, 0.15) is 12.8 Å². The van der Waals surface area contributed by atoms with Crippen molar-refractivity contribution in [3.63, 3.8) is 0 Å². The molecule has 84 valence electrons. The van der Waals surface area contributed by atoms with Gasteiger partial charge in [-0.2, -0.15) is 0 Å². The Morgan fingerprint density at radius 2 is 1.86 bits per heavy atom. The molecule has 0 atom stereocenters. The highest BCUT2D eigenvalue weighted by atomic mass is 32.2. The van der Waals surface area contributed by atoms with E-state index >= 15 is 0 Å². The second-order valence-electron chi connectivity index (χ2n) is 3.79. The predicted octanol–water partition coefficient (Wildman–Crippen LogP) is 0.143. The van der Waals surface area contributed by atoms with Crippen LogP contribution in [0.2, 0.25) is 0 Å². The number of unbranched alkanes of at least 4 members (excludes halogenated alkanes) is 1. The van der Waals surface area contributed by atoms with Gasteiger partial charge in [0.1, 0.15) is 9.84 Å². The summed E-state index contributed by atoms with van der Waals surface area (Å²) in [5.74, 6) is 0.317. The van der Waals surface area contributed by atoms with Crippen molar-refractivity contribution in [2.45, 2.75) is 12.8 Å². The molecule has 1 saturated heterocycles. The van der Waals surface area contributed by atoms with Crippen molar-refractivity contribution in [2.24, 2.45) is 0 Å².